The number of hydrogen-bond acceptors (Lipinski definition) is 7. The topological polar surface area (TPSA) is 105 Å². The molecule has 0 unspecified atom stereocenters. The summed E-state index contributed by atoms with van der Waals surface area (Å²) in [7, 11) is 0. The van der Waals surface area contributed by atoms with E-state index in [9.17, 15) is 0 Å². The summed E-state index contributed by atoms with van der Waals surface area (Å²) in [6, 6.07) is 8.79. The highest BCUT2D eigenvalue weighted by Crippen LogP contribution is 2.33. The summed E-state index contributed by atoms with van der Waals surface area (Å²) in [5.74, 6) is 0.713. The van der Waals surface area contributed by atoms with Crippen molar-refractivity contribution in [2.45, 2.75) is 6.54 Å². The number of nitrogen functional groups attached to an aromatic ring is 1. The van der Waals surface area contributed by atoms with E-state index in [4.69, 9.17) is 27.0 Å². The van der Waals surface area contributed by atoms with Gasteiger partial charge in [0.1, 0.15) is 12.1 Å². The van der Waals surface area contributed by atoms with E-state index in [1.54, 1.807) is 30.5 Å². The van der Waals surface area contributed by atoms with E-state index >= 15 is 0 Å². The Morgan fingerprint density at radius 1 is 1.30 bits per heavy atom. The third-order valence-electron chi connectivity index (χ3n) is 3.11. The lowest BCUT2D eigenvalue weighted by Gasteiger charge is -2.24. The van der Waals surface area contributed by atoms with E-state index in [0.717, 1.165) is 0 Å². The highest BCUT2D eigenvalue weighted by molar-refractivity contribution is 6.33. The minimum absolute atomic E-state index is 0.150. The first-order chi connectivity index (χ1) is 11.2. The van der Waals surface area contributed by atoms with Crippen LogP contribution in [0.3, 0.4) is 0 Å². The van der Waals surface area contributed by atoms with Crippen LogP contribution in [0.15, 0.2) is 47.5 Å². The Hall–Kier alpha value is -3.11. The predicted octanol–water partition coefficient (Wildman–Crippen LogP) is 2.91. The highest BCUT2D eigenvalue weighted by Gasteiger charge is 2.17. The molecule has 0 spiro atoms. The van der Waals surface area contributed by atoms with Crippen LogP contribution in [0.4, 0.5) is 17.5 Å². The van der Waals surface area contributed by atoms with Gasteiger partial charge in [0.15, 0.2) is 6.39 Å². The fourth-order valence-electron chi connectivity index (χ4n) is 2.08. The van der Waals surface area contributed by atoms with E-state index in [0.29, 0.717) is 34.3 Å². The Morgan fingerprint density at radius 2 is 2.17 bits per heavy atom. The van der Waals surface area contributed by atoms with Gasteiger partial charge in [-0.15, -0.1) is 0 Å². The van der Waals surface area contributed by atoms with Gasteiger partial charge in [-0.1, -0.05) is 11.6 Å². The maximum atomic E-state index is 8.97. The van der Waals surface area contributed by atoms with Gasteiger partial charge in [0.05, 0.1) is 34.6 Å². The average molecular weight is 327 g/mol. The normalized spacial score (nSPS) is 10.3. The Balaban J connectivity index is 2.06. The number of benzene rings is 1. The number of nitriles is 1. The van der Waals surface area contributed by atoms with Crippen LogP contribution in [-0.2, 0) is 6.54 Å². The van der Waals surface area contributed by atoms with Crippen LogP contribution in [-0.4, -0.2) is 15.0 Å². The number of aromatic nitrogens is 3. The molecule has 3 aromatic rings. The molecule has 7 nitrogen and oxygen atoms in total. The molecule has 0 bridgehead atoms. The molecule has 2 aromatic heterocycles. The van der Waals surface area contributed by atoms with Gasteiger partial charge in [-0.3, -0.25) is 0 Å². The third kappa shape index (κ3) is 3.22. The number of nitrogens with two attached hydrogens (primary N) is 1. The first-order valence-corrected chi connectivity index (χ1v) is 6.98. The predicted molar refractivity (Wildman–Crippen MR) is 85.0 cm³/mol. The van der Waals surface area contributed by atoms with Crippen molar-refractivity contribution in [2.24, 2.45) is 0 Å². The number of rotatable bonds is 4. The van der Waals surface area contributed by atoms with Gasteiger partial charge in [-0.05, 0) is 24.3 Å². The summed E-state index contributed by atoms with van der Waals surface area (Å²) in [6.45, 7) is 0.374. The number of oxazole rings is 1. The Bertz CT molecular complexity index is 859. The SMILES string of the molecule is N#Cc1ccc(N(Cc2cocn2)c2ccnc(N)n2)c(Cl)c1. The molecule has 0 fully saturated rings. The summed E-state index contributed by atoms with van der Waals surface area (Å²) in [5, 5.41) is 9.39. The van der Waals surface area contributed by atoms with Gasteiger partial charge in [0, 0.05) is 6.20 Å². The van der Waals surface area contributed by atoms with Crippen molar-refractivity contribution in [1.29, 1.82) is 5.26 Å². The number of hydrogen-bond donors (Lipinski definition) is 1. The van der Waals surface area contributed by atoms with E-state index in [2.05, 4.69) is 21.0 Å². The van der Waals surface area contributed by atoms with Crippen molar-refractivity contribution >= 4 is 29.1 Å². The molecule has 1 aromatic carbocycles. The number of nitrogens with zero attached hydrogens (tertiary/aromatic N) is 5. The Kier molecular flexibility index (Phi) is 4.08. The van der Waals surface area contributed by atoms with Gasteiger partial charge >= 0.3 is 0 Å². The summed E-state index contributed by atoms with van der Waals surface area (Å²) in [6.07, 6.45) is 4.45. The van der Waals surface area contributed by atoms with Crippen molar-refractivity contribution in [1.82, 2.24) is 15.0 Å². The maximum absolute atomic E-state index is 8.97. The summed E-state index contributed by atoms with van der Waals surface area (Å²) < 4.78 is 5.01. The van der Waals surface area contributed by atoms with E-state index in [1.807, 2.05) is 4.90 Å². The average Bonchev–Trinajstić information content (AvgIpc) is 3.06. The van der Waals surface area contributed by atoms with Crippen LogP contribution in [0, 0.1) is 11.3 Å². The van der Waals surface area contributed by atoms with Gasteiger partial charge < -0.3 is 15.1 Å². The largest absolute Gasteiger partial charge is 0.451 e. The quantitative estimate of drug-likeness (QED) is 0.785. The molecular formula is C15H11ClN6O. The molecule has 2 heterocycles. The lowest BCUT2D eigenvalue weighted by atomic mass is 10.2. The molecular weight excluding hydrogens is 316 g/mol. The fourth-order valence-corrected chi connectivity index (χ4v) is 2.36. The first kappa shape index (κ1) is 14.8. The Labute approximate surface area is 137 Å². The van der Waals surface area contributed by atoms with Crippen LogP contribution in [0.25, 0.3) is 0 Å². The zero-order valence-electron chi connectivity index (χ0n) is 11.8. The zero-order chi connectivity index (χ0) is 16.2. The molecule has 3 rings (SSSR count). The molecule has 0 atom stereocenters. The lowest BCUT2D eigenvalue weighted by molar-refractivity contribution is 0.556. The molecule has 0 radical (unpaired) electrons. The van der Waals surface area contributed by atoms with Crippen molar-refractivity contribution in [2.75, 3.05) is 10.6 Å². The van der Waals surface area contributed by atoms with Crippen molar-refractivity contribution < 1.29 is 4.42 Å². The minimum Gasteiger partial charge on any atom is -0.451 e. The number of anilines is 3. The van der Waals surface area contributed by atoms with Crippen molar-refractivity contribution in [3.05, 3.63) is 59.4 Å². The molecule has 0 saturated carbocycles. The van der Waals surface area contributed by atoms with Crippen molar-refractivity contribution in [3.8, 4) is 6.07 Å². The second-order valence-electron chi connectivity index (χ2n) is 4.62. The molecule has 0 saturated heterocycles. The monoisotopic (exact) mass is 326 g/mol. The summed E-state index contributed by atoms with van der Waals surface area (Å²) in [4.78, 5) is 14.1. The molecule has 0 aliphatic rings. The smallest absolute Gasteiger partial charge is 0.221 e. The van der Waals surface area contributed by atoms with Crippen LogP contribution in [0.2, 0.25) is 5.02 Å². The fraction of sp³-hybridized carbons (Fsp3) is 0.0667. The molecule has 2 N–H and O–H groups in total. The highest BCUT2D eigenvalue weighted by atomic mass is 35.5. The zero-order valence-corrected chi connectivity index (χ0v) is 12.6. The van der Waals surface area contributed by atoms with Crippen LogP contribution >= 0.6 is 11.6 Å². The van der Waals surface area contributed by atoms with E-state index in [1.165, 1.54) is 12.7 Å². The minimum atomic E-state index is 0.150. The van der Waals surface area contributed by atoms with Gasteiger partial charge in [-0.25, -0.2) is 9.97 Å². The van der Waals surface area contributed by atoms with Crippen molar-refractivity contribution in [3.63, 3.8) is 0 Å². The summed E-state index contributed by atoms with van der Waals surface area (Å²) in [5.41, 5.74) is 7.52. The van der Waals surface area contributed by atoms with Gasteiger partial charge in [0.25, 0.3) is 0 Å². The number of halogens is 1. The van der Waals surface area contributed by atoms with Gasteiger partial charge in [0.2, 0.25) is 5.95 Å². The first-order valence-electron chi connectivity index (χ1n) is 6.60. The van der Waals surface area contributed by atoms with Crippen LogP contribution in [0.5, 0.6) is 0 Å². The lowest BCUT2D eigenvalue weighted by Crippen LogP contribution is -2.19. The van der Waals surface area contributed by atoms with Gasteiger partial charge in [-0.2, -0.15) is 10.2 Å². The maximum Gasteiger partial charge on any atom is 0.221 e. The van der Waals surface area contributed by atoms with E-state index in [-0.39, 0.29) is 5.95 Å². The Morgan fingerprint density at radius 3 is 2.83 bits per heavy atom. The molecule has 0 aliphatic carbocycles. The molecule has 23 heavy (non-hydrogen) atoms. The molecule has 0 aliphatic heterocycles. The summed E-state index contributed by atoms with van der Waals surface area (Å²) >= 11 is 6.32. The molecule has 0 amide bonds. The standard InChI is InChI=1S/C15H11ClN6O/c16-12-5-10(6-17)1-2-13(12)22(7-11-8-23-9-20-11)14-3-4-19-15(18)21-14/h1-5,8-9H,7H2,(H2,18,19,21). The second-order valence-corrected chi connectivity index (χ2v) is 5.02. The molecule has 114 valence electrons. The molecule has 8 heteroatoms. The van der Waals surface area contributed by atoms with Crippen LogP contribution < -0.4 is 10.6 Å². The second kappa shape index (κ2) is 6.34. The van der Waals surface area contributed by atoms with Crippen LogP contribution in [0.1, 0.15) is 11.3 Å². The third-order valence-corrected chi connectivity index (χ3v) is 3.41. The van der Waals surface area contributed by atoms with E-state index < -0.39 is 0 Å².